The molecule has 0 atom stereocenters. The Morgan fingerprint density at radius 3 is 1.39 bits per heavy atom. The molecule has 0 saturated heterocycles. The van der Waals surface area contributed by atoms with Crippen molar-refractivity contribution < 1.29 is 61.9 Å². The van der Waals surface area contributed by atoms with Crippen molar-refractivity contribution in [1.29, 1.82) is 0 Å². The Balaban J connectivity index is 1.71. The van der Waals surface area contributed by atoms with Crippen LogP contribution in [-0.2, 0) is 61.9 Å². The zero-order valence-corrected chi connectivity index (χ0v) is 33.2. The molecule has 16 heteroatoms. The van der Waals surface area contributed by atoms with E-state index in [9.17, 15) is 24.0 Å². The summed E-state index contributed by atoms with van der Waals surface area (Å²) < 4.78 is 43.6. The molecule has 0 aromatic heterocycles. The van der Waals surface area contributed by atoms with Crippen molar-refractivity contribution in [3.63, 3.8) is 0 Å². The first-order valence-corrected chi connectivity index (χ1v) is 19.2. The number of hydrogen-bond acceptors (Lipinski definition) is 13. The van der Waals surface area contributed by atoms with Crippen molar-refractivity contribution in [3.05, 3.63) is 12.2 Å². The van der Waals surface area contributed by atoms with Crippen LogP contribution in [0.25, 0.3) is 0 Å². The lowest BCUT2D eigenvalue weighted by molar-refractivity contribution is -0.137. The van der Waals surface area contributed by atoms with Crippen molar-refractivity contribution in [2.45, 2.75) is 66.2 Å². The van der Waals surface area contributed by atoms with E-state index in [0.29, 0.717) is 144 Å². The van der Waals surface area contributed by atoms with Crippen molar-refractivity contribution >= 4 is 29.4 Å². The van der Waals surface area contributed by atoms with Gasteiger partial charge in [0.05, 0.1) is 106 Å². The van der Waals surface area contributed by atoms with Gasteiger partial charge in [-0.05, 0) is 24.2 Å². The second-order valence-electron chi connectivity index (χ2n) is 13.5. The number of carbonyl (C=O) groups excluding carboxylic acids is 5. The van der Waals surface area contributed by atoms with Gasteiger partial charge in [-0.3, -0.25) is 28.9 Å². The van der Waals surface area contributed by atoms with Gasteiger partial charge in [-0.1, -0.05) is 27.7 Å². The van der Waals surface area contributed by atoms with Crippen molar-refractivity contribution in [2.75, 3.05) is 125 Å². The molecule has 0 spiro atoms. The average Bonchev–Trinajstić information content (AvgIpc) is 3.46. The standard InChI is InChI=1S/C38H67N3O13/c1-32(2)38(3,4)12-9-33(42)6-5-13-39-35(44)11-16-47-18-20-49-22-24-51-26-28-53-30-31-54-29-27-52-25-23-50-21-19-48-17-14-40-34(43)10-15-41-36(45)7-8-37(41)46/h7-8,32H,5-6,9-31H2,1-4H3,(H,39,44)(H,40,43). The Kier molecular flexibility index (Phi) is 29.5. The number of ketones is 1. The van der Waals surface area contributed by atoms with Crippen LogP contribution in [0.4, 0.5) is 0 Å². The molecule has 1 heterocycles. The minimum Gasteiger partial charge on any atom is -0.379 e. The smallest absolute Gasteiger partial charge is 0.253 e. The molecule has 16 nitrogen and oxygen atoms in total. The Morgan fingerprint density at radius 2 is 0.944 bits per heavy atom. The molecule has 0 unspecified atom stereocenters. The zero-order valence-electron chi connectivity index (χ0n) is 33.2. The summed E-state index contributed by atoms with van der Waals surface area (Å²) in [6.45, 7) is 16.3. The van der Waals surface area contributed by atoms with Crippen molar-refractivity contribution in [3.8, 4) is 0 Å². The molecular formula is C38H67N3O13. The molecule has 312 valence electrons. The molecule has 0 saturated carbocycles. The molecule has 54 heavy (non-hydrogen) atoms. The quantitative estimate of drug-likeness (QED) is 0.0685. The molecule has 0 fully saturated rings. The molecule has 1 aliphatic rings. The maximum Gasteiger partial charge on any atom is 0.253 e. The van der Waals surface area contributed by atoms with Gasteiger partial charge >= 0.3 is 0 Å². The number of imide groups is 1. The summed E-state index contributed by atoms with van der Waals surface area (Å²) in [7, 11) is 0. The summed E-state index contributed by atoms with van der Waals surface area (Å²) in [5.41, 5.74) is 0.160. The maximum atomic E-state index is 12.1. The summed E-state index contributed by atoms with van der Waals surface area (Å²) in [4.78, 5) is 59.8. The van der Waals surface area contributed by atoms with E-state index in [0.717, 1.165) is 11.3 Å². The summed E-state index contributed by atoms with van der Waals surface area (Å²) in [6, 6.07) is 0. The van der Waals surface area contributed by atoms with E-state index in [2.05, 4.69) is 38.3 Å². The number of nitrogens with one attached hydrogen (secondary N) is 2. The van der Waals surface area contributed by atoms with Crippen LogP contribution in [0.5, 0.6) is 0 Å². The summed E-state index contributed by atoms with van der Waals surface area (Å²) in [5, 5.41) is 5.52. The fourth-order valence-electron chi connectivity index (χ4n) is 4.50. The lowest BCUT2D eigenvalue weighted by Crippen LogP contribution is -2.35. The zero-order chi connectivity index (χ0) is 39.7. The third-order valence-corrected chi connectivity index (χ3v) is 8.67. The van der Waals surface area contributed by atoms with E-state index in [-0.39, 0.29) is 42.4 Å². The number of carbonyl (C=O) groups is 5. The highest BCUT2D eigenvalue weighted by Gasteiger charge is 2.24. The molecule has 0 aromatic rings. The Bertz CT molecular complexity index is 1050. The third kappa shape index (κ3) is 27.7. The van der Waals surface area contributed by atoms with Gasteiger partial charge in [0.2, 0.25) is 11.8 Å². The lowest BCUT2D eigenvalue weighted by atomic mass is 9.77. The number of rotatable bonds is 38. The van der Waals surface area contributed by atoms with Gasteiger partial charge in [-0.15, -0.1) is 0 Å². The van der Waals surface area contributed by atoms with E-state index in [4.69, 9.17) is 37.9 Å². The predicted molar refractivity (Wildman–Crippen MR) is 200 cm³/mol. The van der Waals surface area contributed by atoms with Crippen LogP contribution in [-0.4, -0.2) is 160 Å². The fraction of sp³-hybridized carbons (Fsp3) is 0.816. The fourth-order valence-corrected chi connectivity index (χ4v) is 4.50. The van der Waals surface area contributed by atoms with Gasteiger partial charge in [0, 0.05) is 57.5 Å². The lowest BCUT2D eigenvalue weighted by Gasteiger charge is -2.28. The summed E-state index contributed by atoms with van der Waals surface area (Å²) in [6.07, 6.45) is 5.35. The second kappa shape index (κ2) is 32.4. The first-order chi connectivity index (χ1) is 26.0. The van der Waals surface area contributed by atoms with Crippen molar-refractivity contribution in [2.24, 2.45) is 11.3 Å². The van der Waals surface area contributed by atoms with Crippen LogP contribution >= 0.6 is 0 Å². The number of ether oxygens (including phenoxy) is 8. The highest BCUT2D eigenvalue weighted by Crippen LogP contribution is 2.31. The van der Waals surface area contributed by atoms with Crippen LogP contribution in [0.1, 0.15) is 66.2 Å². The monoisotopic (exact) mass is 773 g/mol. The van der Waals surface area contributed by atoms with Gasteiger partial charge in [0.1, 0.15) is 5.78 Å². The summed E-state index contributed by atoms with van der Waals surface area (Å²) in [5.74, 6) is -0.347. The van der Waals surface area contributed by atoms with Crippen LogP contribution < -0.4 is 10.6 Å². The van der Waals surface area contributed by atoms with E-state index in [1.807, 2.05) is 0 Å². The highest BCUT2D eigenvalue weighted by atomic mass is 16.6. The number of amides is 4. The second-order valence-corrected chi connectivity index (χ2v) is 13.5. The number of nitrogens with zero attached hydrogens (tertiary/aromatic N) is 1. The van der Waals surface area contributed by atoms with Gasteiger partial charge in [-0.2, -0.15) is 0 Å². The summed E-state index contributed by atoms with van der Waals surface area (Å²) >= 11 is 0. The van der Waals surface area contributed by atoms with E-state index in [1.54, 1.807) is 0 Å². The largest absolute Gasteiger partial charge is 0.379 e. The van der Waals surface area contributed by atoms with Crippen LogP contribution in [0, 0.1) is 11.3 Å². The first kappa shape index (κ1) is 49.2. The Morgan fingerprint density at radius 1 is 0.556 bits per heavy atom. The molecule has 1 aliphatic heterocycles. The first-order valence-electron chi connectivity index (χ1n) is 19.2. The van der Waals surface area contributed by atoms with Gasteiger partial charge in [-0.25, -0.2) is 0 Å². The van der Waals surface area contributed by atoms with Gasteiger partial charge in [0.15, 0.2) is 0 Å². The molecule has 0 bridgehead atoms. The highest BCUT2D eigenvalue weighted by molar-refractivity contribution is 6.13. The Labute approximate surface area is 321 Å². The number of hydrogen-bond donors (Lipinski definition) is 2. The molecule has 0 aliphatic carbocycles. The van der Waals surface area contributed by atoms with Gasteiger partial charge in [0.25, 0.3) is 11.8 Å². The van der Waals surface area contributed by atoms with E-state index in [1.165, 1.54) is 12.2 Å². The topological polar surface area (TPSA) is 186 Å². The normalized spacial score (nSPS) is 13.0. The molecule has 1 rings (SSSR count). The molecule has 0 radical (unpaired) electrons. The van der Waals surface area contributed by atoms with E-state index >= 15 is 0 Å². The molecule has 0 aromatic carbocycles. The van der Waals surface area contributed by atoms with E-state index < -0.39 is 11.8 Å². The average molecular weight is 774 g/mol. The molecule has 2 N–H and O–H groups in total. The van der Waals surface area contributed by atoms with Crippen LogP contribution in [0.3, 0.4) is 0 Å². The van der Waals surface area contributed by atoms with Crippen molar-refractivity contribution in [1.82, 2.24) is 15.5 Å². The number of Topliss-reactive ketones (excluding diaryl/α,β-unsaturated/α-hetero) is 1. The predicted octanol–water partition coefficient (Wildman–Crippen LogP) is 1.87. The molecule has 4 amide bonds. The van der Waals surface area contributed by atoms with Crippen LogP contribution in [0.15, 0.2) is 12.2 Å². The Hall–Kier alpha value is -2.83. The minimum atomic E-state index is -0.401. The molecular weight excluding hydrogens is 706 g/mol. The van der Waals surface area contributed by atoms with Gasteiger partial charge < -0.3 is 48.5 Å². The SMILES string of the molecule is CC(C)C(C)(C)CCC(=O)CCCNC(=O)CCOCCOCCOCCOCCOCCOCCOCCOCCNC(=O)CCN1C(=O)C=CC1=O. The van der Waals surface area contributed by atoms with Crippen LogP contribution in [0.2, 0.25) is 0 Å². The maximum absolute atomic E-state index is 12.1. The minimum absolute atomic E-state index is 0.0474. The third-order valence-electron chi connectivity index (χ3n) is 8.67.